The van der Waals surface area contributed by atoms with Crippen LogP contribution in [0.25, 0.3) is 0 Å². The van der Waals surface area contributed by atoms with Crippen molar-refractivity contribution >= 4 is 39.1 Å². The van der Waals surface area contributed by atoms with Crippen molar-refractivity contribution in [2.24, 2.45) is 0 Å². The lowest BCUT2D eigenvalue weighted by atomic mass is 10.1. The van der Waals surface area contributed by atoms with Crippen LogP contribution in [0.1, 0.15) is 19.4 Å². The Kier molecular flexibility index (Phi) is 8.98. The Hall–Kier alpha value is -3.76. The molecule has 3 aromatic carbocycles. The third kappa shape index (κ3) is 6.46. The van der Waals surface area contributed by atoms with E-state index in [1.54, 1.807) is 68.4 Å². The van der Waals surface area contributed by atoms with Crippen molar-refractivity contribution < 1.29 is 27.5 Å². The molecule has 3 aromatic rings. The summed E-state index contributed by atoms with van der Waals surface area (Å²) in [5.74, 6) is -0.0839. The first kappa shape index (κ1) is 28.3. The van der Waals surface area contributed by atoms with Gasteiger partial charge in [-0.15, -0.1) is 0 Å². The molecule has 9 nitrogen and oxygen atoms in total. The molecule has 1 aliphatic heterocycles. The lowest BCUT2D eigenvalue weighted by Gasteiger charge is -2.32. The molecular formula is C28H30ClN3O6S. The Morgan fingerprint density at radius 2 is 1.64 bits per heavy atom. The number of halogens is 1. The number of carbonyl (C=O) groups is 2. The van der Waals surface area contributed by atoms with Crippen molar-refractivity contribution in [3.8, 4) is 11.5 Å². The monoisotopic (exact) mass is 571 g/mol. The number of anilines is 1. The molecule has 2 amide bonds. The number of benzene rings is 3. The minimum Gasteiger partial charge on any atom is -0.486 e. The summed E-state index contributed by atoms with van der Waals surface area (Å²) in [6.45, 7) is 3.90. The molecule has 1 N–H and O–H groups in total. The fourth-order valence-electron chi connectivity index (χ4n) is 4.15. The average Bonchev–Trinajstić information content (AvgIpc) is 2.95. The van der Waals surface area contributed by atoms with E-state index in [0.717, 1.165) is 4.31 Å². The number of nitrogens with one attached hydrogen (secondary N) is 1. The maximum absolute atomic E-state index is 13.9. The first-order valence-electron chi connectivity index (χ1n) is 12.5. The third-order valence-corrected chi connectivity index (χ3v) is 8.40. The van der Waals surface area contributed by atoms with Gasteiger partial charge in [-0.1, -0.05) is 48.0 Å². The molecule has 39 heavy (non-hydrogen) atoms. The molecule has 0 unspecified atom stereocenters. The van der Waals surface area contributed by atoms with E-state index in [9.17, 15) is 18.0 Å². The SMILES string of the molecule is CCNC(=O)[C@H](C)N(Cc1ccccc1Cl)C(=O)CN(c1ccc2c(c1)OCCO2)S(=O)(=O)c1ccccc1. The number of sulfonamides is 1. The number of rotatable bonds is 10. The Morgan fingerprint density at radius 3 is 2.33 bits per heavy atom. The number of hydrogen-bond acceptors (Lipinski definition) is 6. The summed E-state index contributed by atoms with van der Waals surface area (Å²) in [5, 5.41) is 3.16. The van der Waals surface area contributed by atoms with Crippen molar-refractivity contribution in [1.29, 1.82) is 0 Å². The normalized spacial score (nSPS) is 13.3. The summed E-state index contributed by atoms with van der Waals surface area (Å²) in [7, 11) is -4.18. The lowest BCUT2D eigenvalue weighted by Crippen LogP contribution is -2.51. The highest BCUT2D eigenvalue weighted by molar-refractivity contribution is 7.92. The Bertz CT molecular complexity index is 1430. The van der Waals surface area contributed by atoms with Crippen LogP contribution >= 0.6 is 11.6 Å². The number of hydrogen-bond donors (Lipinski definition) is 1. The van der Waals surface area contributed by atoms with E-state index in [4.69, 9.17) is 21.1 Å². The van der Waals surface area contributed by atoms with Crippen molar-refractivity contribution in [1.82, 2.24) is 10.2 Å². The first-order valence-corrected chi connectivity index (χ1v) is 14.3. The summed E-state index contributed by atoms with van der Waals surface area (Å²) in [6, 6.07) is 18.7. The molecule has 0 aromatic heterocycles. The molecule has 1 atom stereocenters. The van der Waals surface area contributed by atoms with Crippen LogP contribution in [0.2, 0.25) is 5.02 Å². The highest BCUT2D eigenvalue weighted by Crippen LogP contribution is 2.36. The van der Waals surface area contributed by atoms with E-state index in [1.807, 2.05) is 0 Å². The number of carbonyl (C=O) groups excluding carboxylic acids is 2. The van der Waals surface area contributed by atoms with Crippen molar-refractivity contribution in [2.45, 2.75) is 31.3 Å². The van der Waals surface area contributed by atoms with Gasteiger partial charge in [0.2, 0.25) is 11.8 Å². The van der Waals surface area contributed by atoms with E-state index < -0.39 is 28.5 Å². The zero-order valence-electron chi connectivity index (χ0n) is 21.7. The van der Waals surface area contributed by atoms with Crippen LogP contribution in [0.5, 0.6) is 11.5 Å². The van der Waals surface area contributed by atoms with Crippen LogP contribution < -0.4 is 19.1 Å². The van der Waals surface area contributed by atoms with Crippen LogP contribution in [-0.2, 0) is 26.2 Å². The van der Waals surface area contributed by atoms with E-state index in [1.165, 1.54) is 23.1 Å². The molecule has 0 spiro atoms. The predicted octanol–water partition coefficient (Wildman–Crippen LogP) is 3.86. The zero-order valence-corrected chi connectivity index (χ0v) is 23.2. The minimum absolute atomic E-state index is 0.0111. The molecule has 0 saturated heterocycles. The number of amides is 2. The molecule has 4 rings (SSSR count). The van der Waals surface area contributed by atoms with Crippen LogP contribution in [0, 0.1) is 0 Å². The van der Waals surface area contributed by atoms with Gasteiger partial charge in [0.1, 0.15) is 25.8 Å². The summed E-state index contributed by atoms with van der Waals surface area (Å²) >= 11 is 6.37. The van der Waals surface area contributed by atoms with Crippen molar-refractivity contribution in [2.75, 3.05) is 30.6 Å². The Balaban J connectivity index is 1.74. The van der Waals surface area contributed by atoms with Gasteiger partial charge in [0.05, 0.1) is 10.6 Å². The van der Waals surface area contributed by atoms with Gasteiger partial charge in [-0.25, -0.2) is 8.42 Å². The van der Waals surface area contributed by atoms with E-state index in [0.29, 0.717) is 41.8 Å². The number of nitrogens with zero attached hydrogens (tertiary/aromatic N) is 2. The van der Waals surface area contributed by atoms with Crippen LogP contribution in [-0.4, -0.2) is 57.5 Å². The average molecular weight is 572 g/mol. The van der Waals surface area contributed by atoms with E-state index in [-0.39, 0.29) is 23.0 Å². The second-order valence-electron chi connectivity index (χ2n) is 8.84. The van der Waals surface area contributed by atoms with Gasteiger partial charge in [0.25, 0.3) is 10.0 Å². The Labute approximate surface area is 233 Å². The highest BCUT2D eigenvalue weighted by atomic mass is 35.5. The van der Waals surface area contributed by atoms with Gasteiger partial charge in [-0.3, -0.25) is 13.9 Å². The number of likely N-dealkylation sites (N-methyl/N-ethyl adjacent to an activating group) is 1. The second-order valence-corrected chi connectivity index (χ2v) is 11.1. The van der Waals surface area contributed by atoms with Gasteiger partial charge in [-0.2, -0.15) is 0 Å². The van der Waals surface area contributed by atoms with Gasteiger partial charge in [0, 0.05) is 24.2 Å². The topological polar surface area (TPSA) is 105 Å². The summed E-state index contributed by atoms with van der Waals surface area (Å²) < 4.78 is 40.0. The van der Waals surface area contributed by atoms with Crippen LogP contribution in [0.4, 0.5) is 5.69 Å². The molecule has 1 aliphatic rings. The molecule has 1 heterocycles. The smallest absolute Gasteiger partial charge is 0.264 e. The molecule has 0 aliphatic carbocycles. The zero-order chi connectivity index (χ0) is 28.0. The summed E-state index contributed by atoms with van der Waals surface area (Å²) in [4.78, 5) is 28.0. The minimum atomic E-state index is -4.18. The molecular weight excluding hydrogens is 542 g/mol. The number of ether oxygens (including phenoxy) is 2. The van der Waals surface area contributed by atoms with Crippen LogP contribution in [0.3, 0.4) is 0 Å². The maximum Gasteiger partial charge on any atom is 0.264 e. The van der Waals surface area contributed by atoms with Crippen molar-refractivity contribution in [3.05, 3.63) is 83.4 Å². The van der Waals surface area contributed by atoms with Gasteiger partial charge < -0.3 is 19.7 Å². The van der Waals surface area contributed by atoms with Gasteiger partial charge in [-0.05, 0) is 49.7 Å². The lowest BCUT2D eigenvalue weighted by molar-refractivity contribution is -0.139. The quantitative estimate of drug-likeness (QED) is 0.396. The molecule has 0 bridgehead atoms. The highest BCUT2D eigenvalue weighted by Gasteiger charge is 2.33. The Morgan fingerprint density at radius 1 is 0.974 bits per heavy atom. The molecule has 206 valence electrons. The molecule has 11 heteroatoms. The molecule has 0 radical (unpaired) electrons. The van der Waals surface area contributed by atoms with Crippen molar-refractivity contribution in [3.63, 3.8) is 0 Å². The summed E-state index contributed by atoms with van der Waals surface area (Å²) in [6.07, 6.45) is 0. The second kappa shape index (κ2) is 12.4. The third-order valence-electron chi connectivity index (χ3n) is 6.24. The van der Waals surface area contributed by atoms with E-state index in [2.05, 4.69) is 5.32 Å². The van der Waals surface area contributed by atoms with Crippen LogP contribution in [0.15, 0.2) is 77.7 Å². The number of fused-ring (bicyclic) bond motifs is 1. The van der Waals surface area contributed by atoms with Gasteiger partial charge in [0.15, 0.2) is 11.5 Å². The largest absolute Gasteiger partial charge is 0.486 e. The fraction of sp³-hybridized carbons (Fsp3) is 0.286. The van der Waals surface area contributed by atoms with E-state index >= 15 is 0 Å². The first-order chi connectivity index (χ1) is 18.7. The molecule has 0 saturated carbocycles. The predicted molar refractivity (Wildman–Crippen MR) is 149 cm³/mol. The standard InChI is InChI=1S/C28H30ClN3O6S/c1-3-30-28(34)20(2)31(18-21-9-7-8-12-24(21)29)27(33)19-32(39(35,36)23-10-5-4-6-11-23)22-13-14-25-26(17-22)38-16-15-37-25/h4-14,17,20H,3,15-16,18-19H2,1-2H3,(H,30,34)/t20-/m0/s1. The summed E-state index contributed by atoms with van der Waals surface area (Å²) in [5.41, 5.74) is 0.847. The van der Waals surface area contributed by atoms with Gasteiger partial charge >= 0.3 is 0 Å². The fourth-order valence-corrected chi connectivity index (χ4v) is 5.77. The maximum atomic E-state index is 13.9. The molecule has 0 fully saturated rings.